The van der Waals surface area contributed by atoms with Crippen molar-refractivity contribution in [1.82, 2.24) is 15.1 Å². The minimum Gasteiger partial charge on any atom is -0.476 e. The van der Waals surface area contributed by atoms with E-state index in [1.165, 1.54) is 63.5 Å². The molecule has 4 nitrogen and oxygen atoms in total. The smallest absolute Gasteiger partial charge is 0.233 e. The van der Waals surface area contributed by atoms with Gasteiger partial charge < -0.3 is 9.64 Å². The van der Waals surface area contributed by atoms with Gasteiger partial charge in [0.1, 0.15) is 5.82 Å². The van der Waals surface area contributed by atoms with Gasteiger partial charge in [0.2, 0.25) is 5.88 Å². The van der Waals surface area contributed by atoms with Crippen molar-refractivity contribution in [1.29, 1.82) is 0 Å². The molecule has 0 spiro atoms. The van der Waals surface area contributed by atoms with Crippen LogP contribution in [0.15, 0.2) is 42.5 Å². The number of nitrogens with zero attached hydrogens (tertiary/aromatic N) is 3. The third-order valence-corrected chi connectivity index (χ3v) is 8.47. The zero-order valence-electron chi connectivity index (χ0n) is 18.2. The van der Waals surface area contributed by atoms with E-state index >= 15 is 0 Å². The van der Waals surface area contributed by atoms with Crippen molar-refractivity contribution >= 4 is 11.6 Å². The number of allylic oxidation sites excluding steroid dienone is 2. The van der Waals surface area contributed by atoms with Gasteiger partial charge in [0, 0.05) is 31.3 Å². The van der Waals surface area contributed by atoms with E-state index in [1.807, 2.05) is 0 Å². The van der Waals surface area contributed by atoms with Crippen LogP contribution in [0.4, 0.5) is 4.39 Å². The molecule has 6 atom stereocenters. The molecule has 2 saturated carbocycles. The van der Waals surface area contributed by atoms with E-state index in [-0.39, 0.29) is 5.82 Å². The maximum atomic E-state index is 13.5. The SMILES string of the molecule is Fc1ccc(Cl)c(-c2ccc(OCC3C[C@@H]4CN(CC5CC6C=CC5C6)C[C@@H]4C3)nn2)c1. The second kappa shape index (κ2) is 8.42. The highest BCUT2D eigenvalue weighted by Crippen LogP contribution is 2.46. The molecule has 1 aromatic heterocycles. The number of fused-ring (bicyclic) bond motifs is 3. The quantitative estimate of drug-likeness (QED) is 0.542. The topological polar surface area (TPSA) is 38.2 Å². The molecule has 168 valence electrons. The van der Waals surface area contributed by atoms with Crippen LogP contribution < -0.4 is 4.74 Å². The molecule has 0 N–H and O–H groups in total. The third kappa shape index (κ3) is 4.06. The summed E-state index contributed by atoms with van der Waals surface area (Å²) in [6.45, 7) is 4.53. The molecule has 2 bridgehead atoms. The van der Waals surface area contributed by atoms with E-state index in [4.69, 9.17) is 16.3 Å². The lowest BCUT2D eigenvalue weighted by Crippen LogP contribution is -2.30. The van der Waals surface area contributed by atoms with Crippen molar-refractivity contribution < 1.29 is 9.13 Å². The molecule has 3 fully saturated rings. The summed E-state index contributed by atoms with van der Waals surface area (Å²) in [5.41, 5.74) is 1.09. The summed E-state index contributed by atoms with van der Waals surface area (Å²) in [5.74, 6) is 5.03. The van der Waals surface area contributed by atoms with Crippen LogP contribution in [-0.2, 0) is 0 Å². The Kier molecular flexibility index (Phi) is 5.42. The number of rotatable bonds is 6. The molecule has 1 aliphatic heterocycles. The van der Waals surface area contributed by atoms with Crippen LogP contribution in [0, 0.1) is 41.3 Å². The molecule has 4 unspecified atom stereocenters. The number of hydrogen-bond acceptors (Lipinski definition) is 4. The van der Waals surface area contributed by atoms with Crippen molar-refractivity contribution in [2.75, 3.05) is 26.2 Å². The Hall–Kier alpha value is -1.98. The lowest BCUT2D eigenvalue weighted by Gasteiger charge is -2.26. The maximum Gasteiger partial charge on any atom is 0.233 e. The maximum absolute atomic E-state index is 13.5. The highest BCUT2D eigenvalue weighted by molar-refractivity contribution is 6.33. The number of benzene rings is 1. The number of likely N-dealkylation sites (tertiary alicyclic amines) is 1. The molecular weight excluding hydrogens is 425 g/mol. The van der Waals surface area contributed by atoms with Crippen molar-refractivity contribution in [3.63, 3.8) is 0 Å². The van der Waals surface area contributed by atoms with Crippen LogP contribution in [0.25, 0.3) is 11.3 Å². The van der Waals surface area contributed by atoms with Gasteiger partial charge in [0.25, 0.3) is 0 Å². The number of ether oxygens (including phenoxy) is 1. The Morgan fingerprint density at radius 1 is 1.00 bits per heavy atom. The van der Waals surface area contributed by atoms with Crippen molar-refractivity contribution in [2.24, 2.45) is 35.5 Å². The van der Waals surface area contributed by atoms with Gasteiger partial charge in [-0.3, -0.25) is 0 Å². The van der Waals surface area contributed by atoms with Crippen molar-refractivity contribution in [3.05, 3.63) is 53.3 Å². The van der Waals surface area contributed by atoms with E-state index in [1.54, 1.807) is 12.1 Å². The fourth-order valence-corrected chi connectivity index (χ4v) is 6.90. The van der Waals surface area contributed by atoms with E-state index in [2.05, 4.69) is 27.2 Å². The van der Waals surface area contributed by atoms with Crippen LogP contribution in [0.2, 0.25) is 5.02 Å². The molecule has 3 aliphatic carbocycles. The second-order valence-corrected chi connectivity index (χ2v) is 10.7. The summed E-state index contributed by atoms with van der Waals surface area (Å²) < 4.78 is 19.5. The van der Waals surface area contributed by atoms with Gasteiger partial charge in [-0.1, -0.05) is 23.8 Å². The van der Waals surface area contributed by atoms with E-state index < -0.39 is 0 Å². The average molecular weight is 454 g/mol. The summed E-state index contributed by atoms with van der Waals surface area (Å²) in [5, 5.41) is 8.83. The Bertz CT molecular complexity index is 999. The predicted molar refractivity (Wildman–Crippen MR) is 123 cm³/mol. The normalized spacial score (nSPS) is 33.2. The van der Waals surface area contributed by atoms with E-state index in [0.717, 1.165) is 29.6 Å². The minimum atomic E-state index is -0.343. The van der Waals surface area contributed by atoms with Gasteiger partial charge in [-0.15, -0.1) is 10.2 Å². The zero-order valence-corrected chi connectivity index (χ0v) is 18.9. The van der Waals surface area contributed by atoms with Crippen LogP contribution in [0.5, 0.6) is 5.88 Å². The Balaban J connectivity index is 0.986. The van der Waals surface area contributed by atoms with Crippen molar-refractivity contribution in [2.45, 2.75) is 25.7 Å². The first-order valence-corrected chi connectivity index (χ1v) is 12.3. The van der Waals surface area contributed by atoms with Crippen molar-refractivity contribution in [3.8, 4) is 17.1 Å². The summed E-state index contributed by atoms with van der Waals surface area (Å²) >= 11 is 6.17. The highest BCUT2D eigenvalue weighted by Gasteiger charge is 2.43. The van der Waals surface area contributed by atoms with Crippen LogP contribution in [-0.4, -0.2) is 41.3 Å². The molecule has 2 heterocycles. The standard InChI is InChI=1S/C26H29ClFN3O/c27-24-4-3-22(28)11-23(24)25-5-6-26(30-29-25)32-15-17-9-20-13-31(14-21(20)10-17)12-19-8-16-1-2-18(19)7-16/h1-6,11,16-21H,7-10,12-15H2/t16?,17?,18?,19?,20-,21+. The monoisotopic (exact) mass is 453 g/mol. The molecule has 6 heteroatoms. The van der Waals surface area contributed by atoms with E-state index in [0.29, 0.717) is 34.7 Å². The van der Waals surface area contributed by atoms with Gasteiger partial charge >= 0.3 is 0 Å². The molecule has 1 aromatic carbocycles. The Morgan fingerprint density at radius 2 is 1.84 bits per heavy atom. The minimum absolute atomic E-state index is 0.343. The molecule has 0 radical (unpaired) electrons. The second-order valence-electron chi connectivity index (χ2n) is 10.3. The van der Waals surface area contributed by atoms with Crippen LogP contribution in [0.3, 0.4) is 0 Å². The molecule has 4 aliphatic rings. The first kappa shape index (κ1) is 20.6. The molecular formula is C26H29ClFN3O. The fraction of sp³-hybridized carbons (Fsp3) is 0.538. The molecule has 1 saturated heterocycles. The fourth-order valence-electron chi connectivity index (χ4n) is 6.68. The zero-order chi connectivity index (χ0) is 21.7. The summed E-state index contributed by atoms with van der Waals surface area (Å²) in [6, 6.07) is 7.83. The molecule has 2 aromatic rings. The third-order valence-electron chi connectivity index (χ3n) is 8.14. The number of hydrogen-bond donors (Lipinski definition) is 0. The summed E-state index contributed by atoms with van der Waals surface area (Å²) in [6.07, 6.45) is 10.2. The number of halogens is 2. The lowest BCUT2D eigenvalue weighted by atomic mass is 9.93. The molecule has 32 heavy (non-hydrogen) atoms. The van der Waals surface area contributed by atoms with Gasteiger partial charge in [-0.25, -0.2) is 4.39 Å². The van der Waals surface area contributed by atoms with Gasteiger partial charge in [0.15, 0.2) is 0 Å². The highest BCUT2D eigenvalue weighted by atomic mass is 35.5. The van der Waals surface area contributed by atoms with Crippen LogP contribution >= 0.6 is 11.6 Å². The largest absolute Gasteiger partial charge is 0.476 e. The van der Waals surface area contributed by atoms with E-state index in [9.17, 15) is 4.39 Å². The lowest BCUT2D eigenvalue weighted by molar-refractivity contribution is 0.206. The van der Waals surface area contributed by atoms with Crippen LogP contribution in [0.1, 0.15) is 25.7 Å². The van der Waals surface area contributed by atoms with Gasteiger partial charge in [-0.2, -0.15) is 0 Å². The first-order chi connectivity index (χ1) is 15.6. The molecule has 0 amide bonds. The van der Waals surface area contributed by atoms with Gasteiger partial charge in [0.05, 0.1) is 17.3 Å². The summed E-state index contributed by atoms with van der Waals surface area (Å²) in [4.78, 5) is 2.74. The molecule has 6 rings (SSSR count). The Morgan fingerprint density at radius 3 is 2.53 bits per heavy atom. The first-order valence-electron chi connectivity index (χ1n) is 11.9. The Labute approximate surface area is 193 Å². The summed E-state index contributed by atoms with van der Waals surface area (Å²) in [7, 11) is 0. The average Bonchev–Trinajstić information content (AvgIpc) is 3.56. The predicted octanol–water partition coefficient (Wildman–Crippen LogP) is 5.49. The number of aromatic nitrogens is 2. The van der Waals surface area contributed by atoms with Gasteiger partial charge in [-0.05, 0) is 85.5 Å².